The van der Waals surface area contributed by atoms with E-state index in [9.17, 15) is 13.6 Å². The van der Waals surface area contributed by atoms with E-state index in [1.165, 1.54) is 6.07 Å². The van der Waals surface area contributed by atoms with E-state index < -0.39 is 17.6 Å². The van der Waals surface area contributed by atoms with Crippen molar-refractivity contribution < 1.29 is 18.3 Å². The van der Waals surface area contributed by atoms with Crippen LogP contribution >= 0.6 is 15.9 Å². The first kappa shape index (κ1) is 12.0. The fourth-order valence-corrected chi connectivity index (χ4v) is 1.94. The maximum absolute atomic E-state index is 13.4. The second kappa shape index (κ2) is 4.44. The van der Waals surface area contributed by atoms with E-state index in [4.69, 9.17) is 4.74 Å². The van der Waals surface area contributed by atoms with Crippen molar-refractivity contribution >= 4 is 32.8 Å². The van der Waals surface area contributed by atoms with Crippen LogP contribution in [0.3, 0.4) is 0 Å². The number of fused-ring (bicyclic) bond motifs is 1. The summed E-state index contributed by atoms with van der Waals surface area (Å²) in [5.74, 6) is -2.07. The van der Waals surface area contributed by atoms with Crippen LogP contribution in [0.25, 0.3) is 10.9 Å². The zero-order valence-electron chi connectivity index (χ0n) is 8.81. The van der Waals surface area contributed by atoms with Gasteiger partial charge in [-0.2, -0.15) is 0 Å². The van der Waals surface area contributed by atoms with Gasteiger partial charge in [0, 0.05) is 11.5 Å². The molecule has 0 radical (unpaired) electrons. The molecule has 0 aliphatic carbocycles. The number of hydrogen-bond acceptors (Lipinski definition) is 2. The lowest BCUT2D eigenvalue weighted by molar-refractivity contribution is 0.0520. The zero-order valence-corrected chi connectivity index (χ0v) is 10.4. The summed E-state index contributed by atoms with van der Waals surface area (Å²) < 4.78 is 31.6. The topological polar surface area (TPSA) is 42.1 Å². The van der Waals surface area contributed by atoms with Gasteiger partial charge in [0.05, 0.1) is 16.6 Å². The Morgan fingerprint density at radius 1 is 1.41 bits per heavy atom. The van der Waals surface area contributed by atoms with Crippen molar-refractivity contribution in [1.82, 2.24) is 4.98 Å². The van der Waals surface area contributed by atoms with E-state index in [0.717, 1.165) is 6.07 Å². The fourth-order valence-electron chi connectivity index (χ4n) is 1.51. The predicted octanol–water partition coefficient (Wildman–Crippen LogP) is 3.39. The number of rotatable bonds is 2. The number of hydrogen-bond donors (Lipinski definition) is 1. The SMILES string of the molecule is CCOC(=O)c1cc2c(Br)c(F)cc(F)c2[nH]1. The third kappa shape index (κ3) is 2.04. The molecule has 0 saturated carbocycles. The summed E-state index contributed by atoms with van der Waals surface area (Å²) >= 11 is 3.00. The molecular weight excluding hydrogens is 296 g/mol. The predicted molar refractivity (Wildman–Crippen MR) is 61.9 cm³/mol. The molecule has 0 bridgehead atoms. The summed E-state index contributed by atoms with van der Waals surface area (Å²) in [5, 5.41) is 0.269. The third-order valence-corrected chi connectivity index (χ3v) is 3.06. The van der Waals surface area contributed by atoms with E-state index in [1.54, 1.807) is 6.92 Å². The Bertz CT molecular complexity index is 595. The molecule has 0 amide bonds. The van der Waals surface area contributed by atoms with Gasteiger partial charge in [-0.1, -0.05) is 0 Å². The highest BCUT2D eigenvalue weighted by molar-refractivity contribution is 9.10. The van der Waals surface area contributed by atoms with Crippen molar-refractivity contribution in [2.75, 3.05) is 6.61 Å². The monoisotopic (exact) mass is 303 g/mol. The number of esters is 1. The zero-order chi connectivity index (χ0) is 12.6. The van der Waals surface area contributed by atoms with Crippen LogP contribution in [-0.4, -0.2) is 17.6 Å². The van der Waals surface area contributed by atoms with Crippen LogP contribution in [0.15, 0.2) is 16.6 Å². The molecule has 2 rings (SSSR count). The minimum absolute atomic E-state index is 0.0707. The van der Waals surface area contributed by atoms with E-state index in [-0.39, 0.29) is 27.7 Å². The average Bonchev–Trinajstić information content (AvgIpc) is 2.72. The molecule has 2 aromatic rings. The highest BCUT2D eigenvalue weighted by Crippen LogP contribution is 2.29. The standard InChI is InChI=1S/C11H8BrF2NO2/c1-2-17-11(16)8-3-5-9(12)6(13)4-7(14)10(5)15-8/h3-4,15H,2H2,1H3. The maximum atomic E-state index is 13.4. The second-order valence-corrected chi connectivity index (χ2v) is 4.14. The lowest BCUT2D eigenvalue weighted by Crippen LogP contribution is -2.04. The summed E-state index contributed by atoms with van der Waals surface area (Å²) in [6, 6.07) is 2.10. The highest BCUT2D eigenvalue weighted by atomic mass is 79.9. The minimum atomic E-state index is -0.753. The number of benzene rings is 1. The van der Waals surface area contributed by atoms with Crippen LogP contribution in [0.2, 0.25) is 0 Å². The number of nitrogens with one attached hydrogen (secondary N) is 1. The van der Waals surface area contributed by atoms with E-state index in [1.807, 2.05) is 0 Å². The number of carbonyl (C=O) groups is 1. The fraction of sp³-hybridized carbons (Fsp3) is 0.182. The van der Waals surface area contributed by atoms with Gasteiger partial charge in [0.1, 0.15) is 17.3 Å². The first-order valence-electron chi connectivity index (χ1n) is 4.88. The Morgan fingerprint density at radius 2 is 2.12 bits per heavy atom. The van der Waals surface area contributed by atoms with Gasteiger partial charge in [-0.3, -0.25) is 0 Å². The van der Waals surface area contributed by atoms with Gasteiger partial charge in [0.25, 0.3) is 0 Å². The van der Waals surface area contributed by atoms with Crippen LogP contribution in [0, 0.1) is 11.6 Å². The number of halogens is 3. The molecule has 0 aliphatic heterocycles. The smallest absolute Gasteiger partial charge is 0.354 e. The quantitative estimate of drug-likeness (QED) is 0.682. The molecule has 1 aromatic carbocycles. The number of H-pyrrole nitrogens is 1. The van der Waals surface area contributed by atoms with Crippen LogP contribution < -0.4 is 0 Å². The average molecular weight is 304 g/mol. The van der Waals surface area contributed by atoms with Crippen molar-refractivity contribution in [1.29, 1.82) is 0 Å². The van der Waals surface area contributed by atoms with Gasteiger partial charge in [-0.05, 0) is 28.9 Å². The largest absolute Gasteiger partial charge is 0.461 e. The lowest BCUT2D eigenvalue weighted by atomic mass is 10.2. The maximum Gasteiger partial charge on any atom is 0.354 e. The number of carbonyl (C=O) groups excluding carboxylic acids is 1. The molecule has 0 fully saturated rings. The molecule has 0 atom stereocenters. The first-order chi connectivity index (χ1) is 8.04. The Hall–Kier alpha value is -1.43. The normalized spacial score (nSPS) is 10.8. The van der Waals surface area contributed by atoms with Crippen LogP contribution in [-0.2, 0) is 4.74 Å². The second-order valence-electron chi connectivity index (χ2n) is 3.35. The molecule has 1 N–H and O–H groups in total. The Kier molecular flexibility index (Phi) is 3.15. The summed E-state index contributed by atoms with van der Waals surface area (Å²) in [7, 11) is 0. The molecule has 3 nitrogen and oxygen atoms in total. The third-order valence-electron chi connectivity index (χ3n) is 2.25. The molecule has 1 aromatic heterocycles. The molecule has 6 heteroatoms. The molecule has 0 aliphatic rings. The molecule has 0 saturated heterocycles. The highest BCUT2D eigenvalue weighted by Gasteiger charge is 2.17. The van der Waals surface area contributed by atoms with E-state index in [2.05, 4.69) is 20.9 Å². The summed E-state index contributed by atoms with van der Waals surface area (Å²) in [5.41, 5.74) is 0.161. The van der Waals surface area contributed by atoms with Crippen LogP contribution in [0.5, 0.6) is 0 Å². The Balaban J connectivity index is 2.61. The molecule has 0 unspecified atom stereocenters. The van der Waals surface area contributed by atoms with Crippen molar-refractivity contribution in [3.8, 4) is 0 Å². The van der Waals surface area contributed by atoms with Crippen LogP contribution in [0.1, 0.15) is 17.4 Å². The van der Waals surface area contributed by atoms with Crippen molar-refractivity contribution in [2.45, 2.75) is 6.92 Å². The Labute approximate surface area is 104 Å². The molecule has 0 spiro atoms. The molecule has 90 valence electrons. The van der Waals surface area contributed by atoms with Crippen molar-refractivity contribution in [3.05, 3.63) is 33.9 Å². The van der Waals surface area contributed by atoms with E-state index in [0.29, 0.717) is 0 Å². The molecular formula is C11H8BrF2NO2. The first-order valence-corrected chi connectivity index (χ1v) is 5.67. The van der Waals surface area contributed by atoms with Gasteiger partial charge in [0.15, 0.2) is 0 Å². The number of aromatic amines is 1. The van der Waals surface area contributed by atoms with Gasteiger partial charge in [0.2, 0.25) is 0 Å². The molecule has 17 heavy (non-hydrogen) atoms. The van der Waals surface area contributed by atoms with Crippen molar-refractivity contribution in [2.24, 2.45) is 0 Å². The summed E-state index contributed by atoms with van der Waals surface area (Å²) in [6.07, 6.45) is 0. The summed E-state index contributed by atoms with van der Waals surface area (Å²) in [4.78, 5) is 14.0. The Morgan fingerprint density at radius 3 is 2.76 bits per heavy atom. The van der Waals surface area contributed by atoms with Gasteiger partial charge in [-0.15, -0.1) is 0 Å². The van der Waals surface area contributed by atoms with Gasteiger partial charge in [-0.25, -0.2) is 13.6 Å². The van der Waals surface area contributed by atoms with Gasteiger partial charge >= 0.3 is 5.97 Å². The molecule has 1 heterocycles. The van der Waals surface area contributed by atoms with E-state index >= 15 is 0 Å². The number of aromatic nitrogens is 1. The lowest BCUT2D eigenvalue weighted by Gasteiger charge is -1.97. The van der Waals surface area contributed by atoms with Gasteiger partial charge < -0.3 is 9.72 Å². The van der Waals surface area contributed by atoms with Crippen LogP contribution in [0.4, 0.5) is 8.78 Å². The number of ether oxygens (including phenoxy) is 1. The van der Waals surface area contributed by atoms with Crippen molar-refractivity contribution in [3.63, 3.8) is 0 Å². The summed E-state index contributed by atoms with van der Waals surface area (Å²) in [6.45, 7) is 1.88. The minimum Gasteiger partial charge on any atom is -0.461 e.